The third kappa shape index (κ3) is 5.90. The summed E-state index contributed by atoms with van der Waals surface area (Å²) in [5, 5.41) is 5.51. The minimum absolute atomic E-state index is 0.0295. The molecule has 126 valence electrons. The Bertz CT molecular complexity index is 522. The van der Waals surface area contributed by atoms with Gasteiger partial charge in [0.15, 0.2) is 0 Å². The van der Waals surface area contributed by atoms with Gasteiger partial charge in [-0.15, -0.1) is 0 Å². The summed E-state index contributed by atoms with van der Waals surface area (Å²) in [5.41, 5.74) is 1.41. The summed E-state index contributed by atoms with van der Waals surface area (Å²) in [6.45, 7) is 5.25. The topological polar surface area (TPSA) is 76.7 Å². The van der Waals surface area contributed by atoms with E-state index in [1.54, 1.807) is 24.3 Å². The monoisotopic (exact) mass is 320 g/mol. The van der Waals surface area contributed by atoms with Gasteiger partial charge in [0.1, 0.15) is 6.61 Å². The molecule has 0 aliphatic carbocycles. The molecule has 1 heterocycles. The van der Waals surface area contributed by atoms with Gasteiger partial charge in [-0.25, -0.2) is 9.59 Å². The normalized spacial score (nSPS) is 17.1. The average Bonchev–Trinajstić information content (AvgIpc) is 3.04. The third-order valence-electron chi connectivity index (χ3n) is 3.49. The van der Waals surface area contributed by atoms with Gasteiger partial charge in [-0.05, 0) is 44.4 Å². The molecule has 6 heteroatoms. The number of ether oxygens (including phenoxy) is 2. The molecular formula is C17H24N2O4. The van der Waals surface area contributed by atoms with Crippen molar-refractivity contribution in [1.82, 2.24) is 10.6 Å². The van der Waals surface area contributed by atoms with Crippen molar-refractivity contribution in [2.45, 2.75) is 45.4 Å². The lowest BCUT2D eigenvalue weighted by molar-refractivity contribution is 0.0161. The van der Waals surface area contributed by atoms with Crippen LogP contribution >= 0.6 is 0 Å². The number of nitrogens with one attached hydrogen (secondary N) is 2. The van der Waals surface area contributed by atoms with Crippen LogP contribution in [0.4, 0.5) is 4.79 Å². The molecule has 1 fully saturated rings. The number of hydrogen-bond acceptors (Lipinski definition) is 4. The average molecular weight is 320 g/mol. The number of carbonyl (C=O) groups is 2. The highest BCUT2D eigenvalue weighted by atomic mass is 16.6. The van der Waals surface area contributed by atoms with E-state index in [1.165, 1.54) is 0 Å². The lowest BCUT2D eigenvalue weighted by Gasteiger charge is -2.11. The third-order valence-corrected chi connectivity index (χ3v) is 3.49. The minimum Gasteiger partial charge on any atom is -0.459 e. The van der Waals surface area contributed by atoms with Crippen molar-refractivity contribution in [3.63, 3.8) is 0 Å². The van der Waals surface area contributed by atoms with Crippen LogP contribution < -0.4 is 10.6 Å². The summed E-state index contributed by atoms with van der Waals surface area (Å²) in [6, 6.07) is 6.90. The van der Waals surface area contributed by atoms with Crippen molar-refractivity contribution in [2.75, 3.05) is 13.2 Å². The van der Waals surface area contributed by atoms with Crippen LogP contribution in [0.2, 0.25) is 0 Å². The highest BCUT2D eigenvalue weighted by molar-refractivity contribution is 5.89. The molecule has 0 bridgehead atoms. The summed E-state index contributed by atoms with van der Waals surface area (Å²) in [7, 11) is 0. The summed E-state index contributed by atoms with van der Waals surface area (Å²) >= 11 is 0. The number of benzene rings is 1. The molecule has 2 N–H and O–H groups in total. The fourth-order valence-corrected chi connectivity index (χ4v) is 2.28. The lowest BCUT2D eigenvalue weighted by Crippen LogP contribution is -2.39. The van der Waals surface area contributed by atoms with Crippen molar-refractivity contribution < 1.29 is 19.1 Å². The van der Waals surface area contributed by atoms with Gasteiger partial charge >= 0.3 is 12.0 Å². The van der Waals surface area contributed by atoms with Gasteiger partial charge in [0.05, 0.1) is 11.7 Å². The predicted octanol–water partition coefficient (Wildman–Crippen LogP) is 2.23. The van der Waals surface area contributed by atoms with Gasteiger partial charge in [0.2, 0.25) is 0 Å². The van der Waals surface area contributed by atoms with Gasteiger partial charge in [-0.1, -0.05) is 12.1 Å². The summed E-state index contributed by atoms with van der Waals surface area (Å²) < 4.78 is 10.7. The molecule has 6 nitrogen and oxygen atoms in total. The van der Waals surface area contributed by atoms with E-state index in [2.05, 4.69) is 10.6 Å². The molecule has 1 aliphatic rings. The van der Waals surface area contributed by atoms with Crippen LogP contribution in [0.25, 0.3) is 0 Å². The highest BCUT2D eigenvalue weighted by Crippen LogP contribution is 2.13. The maximum atomic E-state index is 11.9. The zero-order chi connectivity index (χ0) is 16.7. The maximum absolute atomic E-state index is 11.9. The van der Waals surface area contributed by atoms with Crippen LogP contribution in [0.5, 0.6) is 0 Å². The number of carbonyl (C=O) groups excluding carboxylic acids is 2. The van der Waals surface area contributed by atoms with E-state index in [-0.39, 0.29) is 24.1 Å². The van der Waals surface area contributed by atoms with Gasteiger partial charge in [-0.2, -0.15) is 0 Å². The molecule has 1 aromatic carbocycles. The van der Waals surface area contributed by atoms with E-state index in [4.69, 9.17) is 9.47 Å². The van der Waals surface area contributed by atoms with Gasteiger partial charge < -0.3 is 20.1 Å². The van der Waals surface area contributed by atoms with Crippen LogP contribution in [0, 0.1) is 0 Å². The van der Waals surface area contributed by atoms with Crippen molar-refractivity contribution >= 4 is 12.0 Å². The van der Waals surface area contributed by atoms with Gasteiger partial charge in [0, 0.05) is 19.2 Å². The number of urea groups is 1. The Morgan fingerprint density at radius 2 is 2.04 bits per heavy atom. The quantitative estimate of drug-likeness (QED) is 0.788. The Hall–Kier alpha value is -2.08. The van der Waals surface area contributed by atoms with E-state index < -0.39 is 0 Å². The molecule has 0 spiro atoms. The second kappa shape index (κ2) is 8.53. The molecule has 2 rings (SSSR count). The van der Waals surface area contributed by atoms with Crippen LogP contribution in [-0.2, 0) is 16.0 Å². The molecule has 0 aromatic heterocycles. The van der Waals surface area contributed by atoms with Crippen LogP contribution in [-0.4, -0.2) is 37.4 Å². The van der Waals surface area contributed by atoms with E-state index >= 15 is 0 Å². The van der Waals surface area contributed by atoms with Gasteiger partial charge in [0.25, 0.3) is 0 Å². The zero-order valence-corrected chi connectivity index (χ0v) is 13.6. The first kappa shape index (κ1) is 17.3. The molecule has 0 radical (unpaired) electrons. The van der Waals surface area contributed by atoms with E-state index in [0.717, 1.165) is 25.0 Å². The zero-order valence-electron chi connectivity index (χ0n) is 13.6. The molecule has 1 aromatic rings. The van der Waals surface area contributed by atoms with Crippen molar-refractivity contribution in [1.29, 1.82) is 0 Å². The molecular weight excluding hydrogens is 296 g/mol. The second-order valence-electron chi connectivity index (χ2n) is 5.91. The smallest absolute Gasteiger partial charge is 0.338 e. The summed E-state index contributed by atoms with van der Waals surface area (Å²) in [4.78, 5) is 23.4. The molecule has 1 unspecified atom stereocenters. The van der Waals surface area contributed by atoms with Crippen molar-refractivity contribution in [3.8, 4) is 0 Å². The Balaban J connectivity index is 1.76. The number of hydrogen-bond donors (Lipinski definition) is 2. The Morgan fingerprint density at radius 1 is 1.30 bits per heavy atom. The first-order valence-electron chi connectivity index (χ1n) is 7.96. The van der Waals surface area contributed by atoms with E-state index in [0.29, 0.717) is 18.7 Å². The highest BCUT2D eigenvalue weighted by Gasteiger charge is 2.18. The SMILES string of the molecule is CC(C)NC(=O)NCc1ccc(C(=O)OCC2CCCO2)cc1. The minimum atomic E-state index is -0.349. The Morgan fingerprint density at radius 3 is 2.65 bits per heavy atom. The summed E-state index contributed by atoms with van der Waals surface area (Å²) in [5.74, 6) is -0.349. The molecule has 1 atom stereocenters. The molecule has 1 saturated heterocycles. The summed E-state index contributed by atoms with van der Waals surface area (Å²) in [6.07, 6.45) is 1.99. The lowest BCUT2D eigenvalue weighted by atomic mass is 10.1. The molecule has 0 saturated carbocycles. The fraction of sp³-hybridized carbons (Fsp3) is 0.529. The van der Waals surface area contributed by atoms with Crippen molar-refractivity contribution in [3.05, 3.63) is 35.4 Å². The van der Waals surface area contributed by atoms with Crippen LogP contribution in [0.1, 0.15) is 42.6 Å². The largest absolute Gasteiger partial charge is 0.459 e. The number of amides is 2. The molecule has 23 heavy (non-hydrogen) atoms. The predicted molar refractivity (Wildman–Crippen MR) is 86.2 cm³/mol. The second-order valence-corrected chi connectivity index (χ2v) is 5.91. The Kier molecular flexibility index (Phi) is 6.40. The number of esters is 1. The van der Waals surface area contributed by atoms with Crippen molar-refractivity contribution in [2.24, 2.45) is 0 Å². The van der Waals surface area contributed by atoms with E-state index in [9.17, 15) is 9.59 Å². The van der Waals surface area contributed by atoms with Gasteiger partial charge in [-0.3, -0.25) is 0 Å². The molecule has 2 amide bonds. The fourth-order valence-electron chi connectivity index (χ4n) is 2.28. The first-order chi connectivity index (χ1) is 11.0. The Labute approximate surface area is 136 Å². The molecule has 1 aliphatic heterocycles. The van der Waals surface area contributed by atoms with Crippen LogP contribution in [0.3, 0.4) is 0 Å². The first-order valence-corrected chi connectivity index (χ1v) is 7.96. The maximum Gasteiger partial charge on any atom is 0.338 e. The van der Waals surface area contributed by atoms with Crippen LogP contribution in [0.15, 0.2) is 24.3 Å². The number of rotatable bonds is 6. The standard InChI is InChI=1S/C17H24N2O4/c1-12(2)19-17(21)18-10-13-5-7-14(8-6-13)16(20)23-11-15-4-3-9-22-15/h5-8,12,15H,3-4,9-11H2,1-2H3,(H2,18,19,21). The van der Waals surface area contributed by atoms with E-state index in [1.807, 2.05) is 13.8 Å².